The molecule has 3 rings (SSSR count). The Labute approximate surface area is 81.5 Å². The normalized spacial score (nSPS) is 45.7. The summed E-state index contributed by atoms with van der Waals surface area (Å²) in [4.78, 5) is 2.83. The van der Waals surface area contributed by atoms with E-state index in [9.17, 15) is 0 Å². The first-order valence-electron chi connectivity index (χ1n) is 6.17. The Morgan fingerprint density at radius 2 is 1.92 bits per heavy atom. The van der Waals surface area contributed by atoms with Gasteiger partial charge in [-0.05, 0) is 50.5 Å². The van der Waals surface area contributed by atoms with Crippen LogP contribution in [0.25, 0.3) is 0 Å². The van der Waals surface area contributed by atoms with Gasteiger partial charge < -0.3 is 0 Å². The molecule has 0 aromatic carbocycles. The van der Waals surface area contributed by atoms with Crippen LogP contribution in [0, 0.1) is 11.8 Å². The molecule has 0 radical (unpaired) electrons. The number of fused-ring (bicyclic) bond motifs is 4. The maximum absolute atomic E-state index is 2.83. The van der Waals surface area contributed by atoms with Crippen molar-refractivity contribution in [2.45, 2.75) is 51.0 Å². The van der Waals surface area contributed by atoms with Crippen molar-refractivity contribution < 1.29 is 0 Å². The lowest BCUT2D eigenvalue weighted by atomic mass is 9.88. The van der Waals surface area contributed by atoms with Crippen molar-refractivity contribution in [1.29, 1.82) is 0 Å². The van der Waals surface area contributed by atoms with Crippen LogP contribution >= 0.6 is 0 Å². The zero-order chi connectivity index (χ0) is 8.67. The fourth-order valence-electron chi connectivity index (χ4n) is 3.91. The molecule has 1 heteroatoms. The molecular weight excluding hydrogens is 158 g/mol. The van der Waals surface area contributed by atoms with E-state index in [0.717, 1.165) is 17.9 Å². The topological polar surface area (TPSA) is 3.24 Å². The Morgan fingerprint density at radius 3 is 2.92 bits per heavy atom. The van der Waals surface area contributed by atoms with Gasteiger partial charge in [-0.3, -0.25) is 4.90 Å². The molecule has 3 fully saturated rings. The Balaban J connectivity index is 1.78. The van der Waals surface area contributed by atoms with Gasteiger partial charge in [0.15, 0.2) is 0 Å². The second kappa shape index (κ2) is 3.27. The summed E-state index contributed by atoms with van der Waals surface area (Å²) in [5, 5.41) is 0. The molecule has 0 amide bonds. The second-order valence-corrected chi connectivity index (χ2v) is 5.35. The highest BCUT2D eigenvalue weighted by molar-refractivity contribution is 4.93. The molecule has 0 spiro atoms. The lowest BCUT2D eigenvalue weighted by Gasteiger charge is -2.39. The zero-order valence-electron chi connectivity index (χ0n) is 8.54. The number of hydrogen-bond donors (Lipinski definition) is 0. The van der Waals surface area contributed by atoms with E-state index in [4.69, 9.17) is 0 Å². The molecule has 2 aliphatic heterocycles. The minimum atomic E-state index is 1.00. The minimum Gasteiger partial charge on any atom is -0.300 e. The van der Waals surface area contributed by atoms with Crippen molar-refractivity contribution in [2.75, 3.05) is 13.1 Å². The van der Waals surface area contributed by atoms with E-state index in [-0.39, 0.29) is 0 Å². The van der Waals surface area contributed by atoms with E-state index in [0.29, 0.717) is 0 Å². The number of hydrogen-bond acceptors (Lipinski definition) is 1. The van der Waals surface area contributed by atoms with Crippen LogP contribution in [0.2, 0.25) is 0 Å². The first-order valence-corrected chi connectivity index (χ1v) is 6.17. The lowest BCUT2D eigenvalue weighted by molar-refractivity contribution is 0.0942. The van der Waals surface area contributed by atoms with Gasteiger partial charge >= 0.3 is 0 Å². The van der Waals surface area contributed by atoms with Crippen LogP contribution in [-0.4, -0.2) is 24.0 Å². The molecule has 0 N–H and O–H groups in total. The van der Waals surface area contributed by atoms with Crippen LogP contribution < -0.4 is 0 Å². The minimum absolute atomic E-state index is 1.00. The summed E-state index contributed by atoms with van der Waals surface area (Å²) >= 11 is 0. The Bertz CT molecular complexity index is 190. The molecule has 1 saturated carbocycles. The van der Waals surface area contributed by atoms with Crippen molar-refractivity contribution in [3.63, 3.8) is 0 Å². The number of rotatable bonds is 0. The summed E-state index contributed by atoms with van der Waals surface area (Å²) in [6.07, 6.45) is 10.6. The smallest absolute Gasteiger partial charge is 0.0124 e. The van der Waals surface area contributed by atoms with Gasteiger partial charge in [0.05, 0.1) is 0 Å². The first kappa shape index (κ1) is 8.28. The summed E-state index contributed by atoms with van der Waals surface area (Å²) in [6, 6.07) is 1.00. The molecule has 13 heavy (non-hydrogen) atoms. The molecule has 2 saturated heterocycles. The standard InChI is InChI=1S/C12H21N/c1-2-4-12-11-6-5-10(8-11)9-13(12)7-3-1/h10-12H,1-9H2. The Hall–Kier alpha value is -0.0400. The van der Waals surface area contributed by atoms with Crippen LogP contribution in [0.3, 0.4) is 0 Å². The van der Waals surface area contributed by atoms with Gasteiger partial charge in [-0.1, -0.05) is 12.8 Å². The quantitative estimate of drug-likeness (QED) is 0.552. The maximum atomic E-state index is 2.83. The van der Waals surface area contributed by atoms with Crippen LogP contribution in [0.1, 0.15) is 44.9 Å². The van der Waals surface area contributed by atoms with Crippen LogP contribution in [0.15, 0.2) is 0 Å². The van der Waals surface area contributed by atoms with Crippen molar-refractivity contribution in [3.05, 3.63) is 0 Å². The highest BCUT2D eigenvalue weighted by Crippen LogP contribution is 2.42. The van der Waals surface area contributed by atoms with E-state index < -0.39 is 0 Å². The average Bonchev–Trinajstić information content (AvgIpc) is 2.38. The highest BCUT2D eigenvalue weighted by atomic mass is 15.2. The van der Waals surface area contributed by atoms with Gasteiger partial charge in [-0.15, -0.1) is 0 Å². The van der Waals surface area contributed by atoms with Gasteiger partial charge in [0.25, 0.3) is 0 Å². The molecule has 2 bridgehead atoms. The summed E-state index contributed by atoms with van der Waals surface area (Å²) in [6.45, 7) is 2.86. The van der Waals surface area contributed by atoms with Gasteiger partial charge in [-0.25, -0.2) is 0 Å². The molecule has 0 aromatic rings. The monoisotopic (exact) mass is 179 g/mol. The summed E-state index contributed by atoms with van der Waals surface area (Å²) in [5.41, 5.74) is 0. The van der Waals surface area contributed by atoms with Crippen molar-refractivity contribution in [1.82, 2.24) is 4.90 Å². The maximum Gasteiger partial charge on any atom is 0.0124 e. The largest absolute Gasteiger partial charge is 0.300 e. The molecule has 1 nitrogen and oxygen atoms in total. The van der Waals surface area contributed by atoms with Crippen molar-refractivity contribution >= 4 is 0 Å². The van der Waals surface area contributed by atoms with E-state index >= 15 is 0 Å². The van der Waals surface area contributed by atoms with Crippen molar-refractivity contribution in [3.8, 4) is 0 Å². The Kier molecular flexibility index (Phi) is 2.08. The summed E-state index contributed by atoms with van der Waals surface area (Å²) in [7, 11) is 0. The van der Waals surface area contributed by atoms with Gasteiger partial charge in [0.1, 0.15) is 0 Å². The van der Waals surface area contributed by atoms with Crippen LogP contribution in [0.4, 0.5) is 0 Å². The predicted molar refractivity (Wildman–Crippen MR) is 54.7 cm³/mol. The lowest BCUT2D eigenvalue weighted by Crippen LogP contribution is -2.44. The van der Waals surface area contributed by atoms with Crippen molar-refractivity contribution in [2.24, 2.45) is 11.8 Å². The van der Waals surface area contributed by atoms with Gasteiger partial charge in [0.2, 0.25) is 0 Å². The Morgan fingerprint density at radius 1 is 0.923 bits per heavy atom. The molecule has 1 aliphatic carbocycles. The molecule has 74 valence electrons. The van der Waals surface area contributed by atoms with Gasteiger partial charge in [0, 0.05) is 12.6 Å². The predicted octanol–water partition coefficient (Wildman–Crippen LogP) is 2.66. The summed E-state index contributed by atoms with van der Waals surface area (Å²) < 4.78 is 0. The second-order valence-electron chi connectivity index (χ2n) is 5.35. The summed E-state index contributed by atoms with van der Waals surface area (Å²) in [5.74, 6) is 2.18. The third-order valence-electron chi connectivity index (χ3n) is 4.53. The van der Waals surface area contributed by atoms with Crippen LogP contribution in [-0.2, 0) is 0 Å². The van der Waals surface area contributed by atoms with E-state index in [1.54, 1.807) is 12.8 Å². The fourth-order valence-corrected chi connectivity index (χ4v) is 3.91. The molecule has 2 heterocycles. The van der Waals surface area contributed by atoms with Crippen LogP contribution in [0.5, 0.6) is 0 Å². The molecule has 3 atom stereocenters. The highest BCUT2D eigenvalue weighted by Gasteiger charge is 2.40. The van der Waals surface area contributed by atoms with E-state index in [2.05, 4.69) is 4.90 Å². The van der Waals surface area contributed by atoms with Gasteiger partial charge in [-0.2, -0.15) is 0 Å². The number of piperidine rings is 1. The first-order chi connectivity index (χ1) is 6.43. The van der Waals surface area contributed by atoms with E-state index in [1.807, 2.05) is 0 Å². The number of nitrogens with zero attached hydrogens (tertiary/aromatic N) is 1. The average molecular weight is 179 g/mol. The molecule has 0 aromatic heterocycles. The third-order valence-corrected chi connectivity index (χ3v) is 4.53. The van der Waals surface area contributed by atoms with E-state index in [1.165, 1.54) is 45.2 Å². The molecule has 3 unspecified atom stereocenters. The SMILES string of the molecule is C1CCC2C3CCC(C3)CN2CC1. The molecular formula is C12H21N. The molecule has 3 aliphatic rings. The fraction of sp³-hybridized carbons (Fsp3) is 1.00. The zero-order valence-corrected chi connectivity index (χ0v) is 8.54. The third kappa shape index (κ3) is 1.41.